The van der Waals surface area contributed by atoms with Crippen molar-refractivity contribution in [2.24, 2.45) is 11.7 Å². The molecule has 1 fully saturated rings. The molecule has 0 saturated carbocycles. The summed E-state index contributed by atoms with van der Waals surface area (Å²) in [5.74, 6) is 3.25. The summed E-state index contributed by atoms with van der Waals surface area (Å²) in [6, 6.07) is 0.177. The molecule has 0 radical (unpaired) electrons. The van der Waals surface area contributed by atoms with Crippen LogP contribution in [-0.2, 0) is 4.79 Å². The zero-order chi connectivity index (χ0) is 11.1. The van der Waals surface area contributed by atoms with E-state index in [4.69, 9.17) is 5.73 Å². The number of amides is 1. The molecule has 1 heterocycles. The van der Waals surface area contributed by atoms with Gasteiger partial charge >= 0.3 is 0 Å². The Hall–Kier alpha value is -0.220. The first-order chi connectivity index (χ1) is 7.18. The highest BCUT2D eigenvalue weighted by molar-refractivity contribution is 7.99. The molecule has 88 valence electrons. The van der Waals surface area contributed by atoms with Gasteiger partial charge in [-0.2, -0.15) is 11.8 Å². The topological polar surface area (TPSA) is 55.1 Å². The highest BCUT2D eigenvalue weighted by Gasteiger charge is 2.16. The lowest BCUT2D eigenvalue weighted by Gasteiger charge is -2.20. The molecular formula is C11H22N2OS. The van der Waals surface area contributed by atoms with E-state index in [2.05, 4.69) is 5.32 Å². The van der Waals surface area contributed by atoms with E-state index < -0.39 is 0 Å². The van der Waals surface area contributed by atoms with Crippen molar-refractivity contribution in [3.05, 3.63) is 0 Å². The third kappa shape index (κ3) is 6.05. The van der Waals surface area contributed by atoms with Gasteiger partial charge in [-0.05, 0) is 43.6 Å². The number of thioether (sulfide) groups is 1. The molecule has 3 nitrogen and oxygen atoms in total. The fourth-order valence-corrected chi connectivity index (χ4v) is 2.93. The fourth-order valence-electron chi connectivity index (χ4n) is 1.72. The molecule has 0 aromatic rings. The molecule has 1 atom stereocenters. The van der Waals surface area contributed by atoms with Crippen molar-refractivity contribution in [3.63, 3.8) is 0 Å². The first kappa shape index (κ1) is 12.8. The molecule has 4 heteroatoms. The molecule has 1 rings (SSSR count). The van der Waals surface area contributed by atoms with Crippen LogP contribution in [0.3, 0.4) is 0 Å². The molecule has 0 spiro atoms. The zero-order valence-corrected chi connectivity index (χ0v) is 10.3. The second-order valence-electron chi connectivity index (χ2n) is 4.38. The lowest BCUT2D eigenvalue weighted by atomic mass is 9.98. The molecule has 1 unspecified atom stereocenters. The Labute approximate surface area is 96.6 Å². The lowest BCUT2D eigenvalue weighted by molar-refractivity contribution is -0.122. The Kier molecular flexibility index (Phi) is 6.10. The number of nitrogens with one attached hydrogen (secondary N) is 1. The van der Waals surface area contributed by atoms with E-state index in [0.29, 0.717) is 12.3 Å². The molecule has 1 aliphatic rings. The molecule has 0 aromatic heterocycles. The second-order valence-corrected chi connectivity index (χ2v) is 5.60. The van der Waals surface area contributed by atoms with Crippen LogP contribution in [0.5, 0.6) is 0 Å². The molecule has 0 bridgehead atoms. The van der Waals surface area contributed by atoms with Crippen molar-refractivity contribution in [1.29, 1.82) is 0 Å². The van der Waals surface area contributed by atoms with E-state index in [1.165, 1.54) is 24.3 Å². The van der Waals surface area contributed by atoms with Gasteiger partial charge in [-0.25, -0.2) is 0 Å². The number of hydrogen-bond donors (Lipinski definition) is 2. The van der Waals surface area contributed by atoms with Crippen molar-refractivity contribution < 1.29 is 4.79 Å². The summed E-state index contributed by atoms with van der Waals surface area (Å²) in [7, 11) is 0. The summed E-state index contributed by atoms with van der Waals surface area (Å²) in [4.78, 5) is 11.5. The van der Waals surface area contributed by atoms with Crippen LogP contribution in [0, 0.1) is 5.92 Å². The summed E-state index contributed by atoms with van der Waals surface area (Å²) in [6.07, 6.45) is 3.97. The van der Waals surface area contributed by atoms with Crippen LogP contribution >= 0.6 is 11.8 Å². The fraction of sp³-hybridized carbons (Fsp3) is 0.909. The maximum atomic E-state index is 11.5. The maximum Gasteiger partial charge on any atom is 0.220 e. The third-order valence-corrected chi connectivity index (χ3v) is 3.79. The zero-order valence-electron chi connectivity index (χ0n) is 9.50. The lowest BCUT2D eigenvalue weighted by Crippen LogP contribution is -2.30. The van der Waals surface area contributed by atoms with Crippen LogP contribution in [0.1, 0.15) is 32.6 Å². The van der Waals surface area contributed by atoms with E-state index in [0.717, 1.165) is 13.0 Å². The summed E-state index contributed by atoms with van der Waals surface area (Å²) in [6.45, 7) is 2.68. The first-order valence-corrected chi connectivity index (χ1v) is 6.94. The third-order valence-electron chi connectivity index (χ3n) is 2.74. The monoisotopic (exact) mass is 230 g/mol. The van der Waals surface area contributed by atoms with Gasteiger partial charge in [0.1, 0.15) is 0 Å². The Morgan fingerprint density at radius 3 is 2.80 bits per heavy atom. The summed E-state index contributed by atoms with van der Waals surface area (Å²) >= 11 is 2.00. The second kappa shape index (κ2) is 7.12. The van der Waals surface area contributed by atoms with Gasteiger partial charge in [0.25, 0.3) is 0 Å². The van der Waals surface area contributed by atoms with E-state index >= 15 is 0 Å². The normalized spacial score (nSPS) is 19.9. The van der Waals surface area contributed by atoms with E-state index in [-0.39, 0.29) is 11.9 Å². The molecule has 0 aromatic carbocycles. The largest absolute Gasteiger partial charge is 0.356 e. The van der Waals surface area contributed by atoms with Crippen LogP contribution < -0.4 is 11.1 Å². The van der Waals surface area contributed by atoms with Crippen molar-refractivity contribution in [3.8, 4) is 0 Å². The summed E-state index contributed by atoms with van der Waals surface area (Å²) in [5.41, 5.74) is 5.61. The van der Waals surface area contributed by atoms with Gasteiger partial charge in [-0.3, -0.25) is 4.79 Å². The average molecular weight is 230 g/mol. The van der Waals surface area contributed by atoms with Crippen molar-refractivity contribution in [1.82, 2.24) is 5.32 Å². The number of carbonyl (C=O) groups excluding carboxylic acids is 1. The Bertz CT molecular complexity index is 191. The van der Waals surface area contributed by atoms with Crippen molar-refractivity contribution in [2.45, 2.75) is 38.6 Å². The predicted octanol–water partition coefficient (Wildman–Crippen LogP) is 1.37. The highest BCUT2D eigenvalue weighted by atomic mass is 32.2. The predicted molar refractivity (Wildman–Crippen MR) is 65.9 cm³/mol. The molecule has 1 amide bonds. The van der Waals surface area contributed by atoms with Gasteiger partial charge in [0.2, 0.25) is 5.91 Å². The van der Waals surface area contributed by atoms with Gasteiger partial charge in [0, 0.05) is 19.0 Å². The van der Waals surface area contributed by atoms with E-state index in [9.17, 15) is 4.79 Å². The highest BCUT2D eigenvalue weighted by Crippen LogP contribution is 2.24. The Balaban J connectivity index is 2.06. The number of hydrogen-bond acceptors (Lipinski definition) is 3. The minimum absolute atomic E-state index is 0.177. The van der Waals surface area contributed by atoms with Gasteiger partial charge in [-0.1, -0.05) is 0 Å². The van der Waals surface area contributed by atoms with Crippen LogP contribution in [0.4, 0.5) is 0 Å². The standard InChI is InChI=1S/C11H22N2OS/c1-9(12)2-5-13-11(14)8-10-3-6-15-7-4-10/h9-10H,2-8,12H2,1H3,(H,13,14). The Morgan fingerprint density at radius 2 is 2.20 bits per heavy atom. The molecule has 1 saturated heterocycles. The van der Waals surface area contributed by atoms with Gasteiger partial charge in [0.15, 0.2) is 0 Å². The quantitative estimate of drug-likeness (QED) is 0.750. The summed E-state index contributed by atoms with van der Waals surface area (Å²) in [5, 5.41) is 2.94. The molecule has 1 aliphatic heterocycles. The smallest absolute Gasteiger partial charge is 0.220 e. The van der Waals surface area contributed by atoms with Gasteiger partial charge < -0.3 is 11.1 Å². The summed E-state index contributed by atoms with van der Waals surface area (Å²) < 4.78 is 0. The van der Waals surface area contributed by atoms with Crippen molar-refractivity contribution in [2.75, 3.05) is 18.1 Å². The maximum absolute atomic E-state index is 11.5. The van der Waals surface area contributed by atoms with Gasteiger partial charge in [-0.15, -0.1) is 0 Å². The minimum atomic E-state index is 0.177. The van der Waals surface area contributed by atoms with Crippen LogP contribution in [0.15, 0.2) is 0 Å². The van der Waals surface area contributed by atoms with Crippen LogP contribution in [0.2, 0.25) is 0 Å². The Morgan fingerprint density at radius 1 is 1.53 bits per heavy atom. The minimum Gasteiger partial charge on any atom is -0.356 e. The van der Waals surface area contributed by atoms with E-state index in [1.54, 1.807) is 0 Å². The number of rotatable bonds is 5. The van der Waals surface area contributed by atoms with Gasteiger partial charge in [0.05, 0.1) is 0 Å². The van der Waals surface area contributed by atoms with Crippen LogP contribution in [-0.4, -0.2) is 30.0 Å². The van der Waals surface area contributed by atoms with Crippen LogP contribution in [0.25, 0.3) is 0 Å². The average Bonchev–Trinajstić information content (AvgIpc) is 2.18. The molecule has 3 N–H and O–H groups in total. The first-order valence-electron chi connectivity index (χ1n) is 5.78. The number of carbonyl (C=O) groups is 1. The molecule has 0 aliphatic carbocycles. The SMILES string of the molecule is CC(N)CCNC(=O)CC1CCSCC1. The van der Waals surface area contributed by atoms with E-state index in [1.807, 2.05) is 18.7 Å². The molecular weight excluding hydrogens is 208 g/mol. The number of nitrogens with two attached hydrogens (primary N) is 1. The molecule has 15 heavy (non-hydrogen) atoms. The van der Waals surface area contributed by atoms with Crippen molar-refractivity contribution >= 4 is 17.7 Å².